The van der Waals surface area contributed by atoms with E-state index in [9.17, 15) is 24.3 Å². The average Bonchev–Trinajstić information content (AvgIpc) is 3.29. The summed E-state index contributed by atoms with van der Waals surface area (Å²) in [5.74, 6) is -4.06. The van der Waals surface area contributed by atoms with Crippen LogP contribution in [0.25, 0.3) is 0 Å². The van der Waals surface area contributed by atoms with Gasteiger partial charge in [0.25, 0.3) is 0 Å². The van der Waals surface area contributed by atoms with E-state index < -0.39 is 65.0 Å². The molecule has 2 amide bonds. The highest BCUT2D eigenvalue weighted by Crippen LogP contribution is 2.63. The number of hydrogen-bond acceptors (Lipinski definition) is 8. The van der Waals surface area contributed by atoms with Crippen LogP contribution >= 0.6 is 0 Å². The van der Waals surface area contributed by atoms with Crippen LogP contribution in [0, 0.1) is 17.8 Å². The Morgan fingerprint density at radius 3 is 2.47 bits per heavy atom. The summed E-state index contributed by atoms with van der Waals surface area (Å²) in [5.41, 5.74) is -2.35. The van der Waals surface area contributed by atoms with Crippen molar-refractivity contribution >= 4 is 23.9 Å². The zero-order chi connectivity index (χ0) is 22.9. The molecular formula is C20H30N2O8. The van der Waals surface area contributed by atoms with Gasteiger partial charge in [-0.15, -0.1) is 0 Å². The lowest BCUT2D eigenvalue weighted by molar-refractivity contribution is -0.156. The van der Waals surface area contributed by atoms with Crippen LogP contribution in [0.5, 0.6) is 0 Å². The van der Waals surface area contributed by atoms with Gasteiger partial charge in [-0.05, 0) is 34.6 Å². The molecule has 30 heavy (non-hydrogen) atoms. The quantitative estimate of drug-likeness (QED) is 0.306. The Morgan fingerprint density at radius 1 is 1.30 bits per heavy atom. The summed E-state index contributed by atoms with van der Waals surface area (Å²) in [6.45, 7) is 11.5. The summed E-state index contributed by atoms with van der Waals surface area (Å²) >= 11 is 0. The number of amides is 2. The number of ether oxygens (including phenoxy) is 3. The van der Waals surface area contributed by atoms with Crippen molar-refractivity contribution in [2.24, 2.45) is 17.8 Å². The topological polar surface area (TPSA) is 140 Å². The molecule has 0 saturated heterocycles. The third kappa shape index (κ3) is 4.75. The number of carbonyl (C=O) groups excluding carboxylic acids is 4. The summed E-state index contributed by atoms with van der Waals surface area (Å²) in [6.07, 6.45) is -0.931. The second-order valence-corrected chi connectivity index (χ2v) is 8.55. The number of esters is 2. The van der Waals surface area contributed by atoms with E-state index in [0.29, 0.717) is 0 Å². The van der Waals surface area contributed by atoms with Crippen LogP contribution < -0.4 is 10.6 Å². The second-order valence-electron chi connectivity index (χ2n) is 8.55. The number of rotatable bonds is 7. The Balaban J connectivity index is 2.19. The number of nitrogens with one attached hydrogen (secondary N) is 2. The first-order chi connectivity index (χ1) is 13.9. The molecule has 6 atom stereocenters. The van der Waals surface area contributed by atoms with Crippen LogP contribution in [0.15, 0.2) is 12.8 Å². The first-order valence-corrected chi connectivity index (χ1v) is 9.86. The van der Waals surface area contributed by atoms with E-state index in [4.69, 9.17) is 14.2 Å². The molecule has 2 rings (SSSR count). The minimum atomic E-state index is -1.61. The molecule has 168 valence electrons. The minimum Gasteiger partial charge on any atom is -0.464 e. The molecule has 2 aliphatic carbocycles. The lowest BCUT2D eigenvalue weighted by Crippen LogP contribution is -2.61. The lowest BCUT2D eigenvalue weighted by atomic mass is 9.89. The molecular weight excluding hydrogens is 396 g/mol. The van der Waals surface area contributed by atoms with E-state index in [2.05, 4.69) is 17.2 Å². The zero-order valence-electron chi connectivity index (χ0n) is 17.9. The molecule has 2 fully saturated rings. The predicted molar refractivity (Wildman–Crippen MR) is 104 cm³/mol. The maximum absolute atomic E-state index is 12.8. The summed E-state index contributed by atoms with van der Waals surface area (Å²) in [7, 11) is 0. The van der Waals surface area contributed by atoms with Gasteiger partial charge in [-0.1, -0.05) is 6.58 Å². The van der Waals surface area contributed by atoms with Gasteiger partial charge in [0.15, 0.2) is 0 Å². The molecule has 0 bridgehead atoms. The Hall–Kier alpha value is -2.62. The van der Waals surface area contributed by atoms with Crippen LogP contribution in [0.3, 0.4) is 0 Å². The molecule has 2 aliphatic rings. The van der Waals surface area contributed by atoms with Gasteiger partial charge in [0.05, 0.1) is 24.9 Å². The summed E-state index contributed by atoms with van der Waals surface area (Å²) in [6, 6.07) is -1.04. The first kappa shape index (κ1) is 23.7. The number of carbonyl (C=O) groups is 4. The zero-order valence-corrected chi connectivity index (χ0v) is 17.9. The molecule has 0 spiro atoms. The summed E-state index contributed by atoms with van der Waals surface area (Å²) < 4.78 is 15.1. The van der Waals surface area contributed by atoms with Crippen molar-refractivity contribution in [3.8, 4) is 0 Å². The highest BCUT2D eigenvalue weighted by Gasteiger charge is 2.76. The van der Waals surface area contributed by atoms with E-state index >= 15 is 0 Å². The van der Waals surface area contributed by atoms with E-state index in [1.807, 2.05) is 0 Å². The largest absolute Gasteiger partial charge is 0.464 e. The second kappa shape index (κ2) is 8.63. The van der Waals surface area contributed by atoms with Crippen molar-refractivity contribution in [2.75, 3.05) is 6.61 Å². The van der Waals surface area contributed by atoms with Crippen LogP contribution in [0.1, 0.15) is 41.0 Å². The van der Waals surface area contributed by atoms with E-state index in [0.717, 1.165) is 6.26 Å². The lowest BCUT2D eigenvalue weighted by Gasteiger charge is -2.32. The van der Waals surface area contributed by atoms with Crippen molar-refractivity contribution in [1.82, 2.24) is 10.6 Å². The van der Waals surface area contributed by atoms with Crippen molar-refractivity contribution < 1.29 is 38.5 Å². The van der Waals surface area contributed by atoms with Crippen LogP contribution in [-0.4, -0.2) is 58.9 Å². The van der Waals surface area contributed by atoms with Gasteiger partial charge in [0.2, 0.25) is 5.91 Å². The maximum atomic E-state index is 12.8. The molecule has 1 unspecified atom stereocenters. The fourth-order valence-corrected chi connectivity index (χ4v) is 4.06. The molecule has 0 heterocycles. The molecule has 0 aliphatic heterocycles. The number of hydrogen-bond donors (Lipinski definition) is 3. The minimum absolute atomic E-state index is 0.0530. The predicted octanol–water partition coefficient (Wildman–Crippen LogP) is 0.631. The van der Waals surface area contributed by atoms with Crippen molar-refractivity contribution in [3.05, 3.63) is 12.8 Å². The van der Waals surface area contributed by atoms with E-state index in [-0.39, 0.29) is 13.0 Å². The van der Waals surface area contributed by atoms with Gasteiger partial charge in [-0.3, -0.25) is 9.59 Å². The third-order valence-electron chi connectivity index (χ3n) is 5.20. The molecule has 2 saturated carbocycles. The van der Waals surface area contributed by atoms with Crippen LogP contribution in [0.2, 0.25) is 0 Å². The molecule has 0 aromatic heterocycles. The number of fused-ring (bicyclic) bond motifs is 1. The summed E-state index contributed by atoms with van der Waals surface area (Å²) in [4.78, 5) is 49.7. The standard InChI is InChI=1S/C20H30N2O8/c1-7-28-16(25)13-12-11(23)9-20(14(12)13,17(26)29-8-2)22-15(24)10(3)21-18(27)30-19(4,5)6/h7,10-14,23H,1,8-9H2,2-6H3,(H,21,27)(H,22,24)/t10?,11-,12-,13-,14-,20+/m0/s1. The Morgan fingerprint density at radius 2 is 1.93 bits per heavy atom. The van der Waals surface area contributed by atoms with Gasteiger partial charge in [0, 0.05) is 18.3 Å². The van der Waals surface area contributed by atoms with Crippen molar-refractivity contribution in [1.29, 1.82) is 0 Å². The van der Waals surface area contributed by atoms with Crippen LogP contribution in [0.4, 0.5) is 4.79 Å². The highest BCUT2D eigenvalue weighted by atomic mass is 16.6. The van der Waals surface area contributed by atoms with E-state index in [1.165, 1.54) is 6.92 Å². The summed E-state index contributed by atoms with van der Waals surface area (Å²) in [5, 5.41) is 15.4. The fraction of sp³-hybridized carbons (Fsp3) is 0.700. The normalized spacial score (nSPS) is 30.3. The number of alkyl carbamates (subject to hydrolysis) is 1. The maximum Gasteiger partial charge on any atom is 0.408 e. The average molecular weight is 426 g/mol. The SMILES string of the molecule is C=COC(=O)[C@H]1[C@H]2[C@@H]1[C@@](NC(=O)C(C)NC(=O)OC(C)(C)C)(C(=O)OCC)C[C@@H]2O. The van der Waals surface area contributed by atoms with Crippen LogP contribution in [-0.2, 0) is 28.6 Å². The monoisotopic (exact) mass is 426 g/mol. The van der Waals surface area contributed by atoms with Crippen molar-refractivity contribution in [3.63, 3.8) is 0 Å². The molecule has 10 heteroatoms. The van der Waals surface area contributed by atoms with Gasteiger partial charge in [-0.25, -0.2) is 9.59 Å². The molecule has 0 aromatic carbocycles. The molecule has 0 radical (unpaired) electrons. The van der Waals surface area contributed by atoms with Gasteiger partial charge in [0.1, 0.15) is 17.2 Å². The van der Waals surface area contributed by atoms with Gasteiger partial charge >= 0.3 is 18.0 Å². The Bertz CT molecular complexity index is 731. The van der Waals surface area contributed by atoms with Gasteiger partial charge in [-0.2, -0.15) is 0 Å². The van der Waals surface area contributed by atoms with Crippen molar-refractivity contribution in [2.45, 2.75) is 64.3 Å². The Labute approximate surface area is 175 Å². The fourth-order valence-electron chi connectivity index (χ4n) is 4.06. The molecule has 10 nitrogen and oxygen atoms in total. The number of aliphatic hydroxyl groups is 1. The smallest absolute Gasteiger partial charge is 0.408 e. The molecule has 0 aromatic rings. The van der Waals surface area contributed by atoms with Gasteiger partial charge < -0.3 is 30.0 Å². The van der Waals surface area contributed by atoms with E-state index in [1.54, 1.807) is 27.7 Å². The first-order valence-electron chi connectivity index (χ1n) is 9.86. The highest BCUT2D eigenvalue weighted by molar-refractivity contribution is 5.94. The third-order valence-corrected chi connectivity index (χ3v) is 5.20. The molecule has 3 N–H and O–H groups in total. The number of aliphatic hydroxyl groups excluding tert-OH is 1. The Kier molecular flexibility index (Phi) is 6.80.